The van der Waals surface area contributed by atoms with Gasteiger partial charge in [0.25, 0.3) is 0 Å². The van der Waals surface area contributed by atoms with Gasteiger partial charge in [-0.25, -0.2) is 0 Å². The van der Waals surface area contributed by atoms with Crippen molar-refractivity contribution in [2.45, 2.75) is 78.2 Å². The second kappa shape index (κ2) is 16.3. The van der Waals surface area contributed by atoms with Gasteiger partial charge in [0, 0.05) is 46.2 Å². The Morgan fingerprint density at radius 3 is 2.00 bits per heavy atom. The third-order valence-electron chi connectivity index (χ3n) is 6.86. The minimum atomic E-state index is -1.81. The Kier molecular flexibility index (Phi) is 14.6. The Labute approximate surface area is 207 Å². The molecule has 8 heteroatoms. The van der Waals surface area contributed by atoms with Crippen molar-refractivity contribution in [2.24, 2.45) is 11.8 Å². The summed E-state index contributed by atoms with van der Waals surface area (Å²) in [5, 5.41) is 0. The summed E-state index contributed by atoms with van der Waals surface area (Å²) in [7, 11) is 3.11. The number of methoxy groups -OCH3 is 3. The molecule has 0 aliphatic heterocycles. The Morgan fingerprint density at radius 2 is 1.53 bits per heavy atom. The van der Waals surface area contributed by atoms with E-state index in [2.05, 4.69) is 20.8 Å². The second-order valence-corrected chi connectivity index (χ2v) is 13.5. The number of carbonyl (C=O) groups is 1. The third-order valence-corrected chi connectivity index (χ3v) is 11.5. The van der Waals surface area contributed by atoms with Crippen LogP contribution in [0.5, 0.6) is 5.75 Å². The molecule has 0 aliphatic carbocycles. The summed E-state index contributed by atoms with van der Waals surface area (Å²) in [6.07, 6.45) is -0.118. The first-order chi connectivity index (χ1) is 16.3. The molecule has 0 fully saturated rings. The van der Waals surface area contributed by atoms with Crippen LogP contribution in [0.4, 0.5) is 0 Å². The maximum Gasteiger partial charge on any atom is 0.302 e. The maximum absolute atomic E-state index is 11.8. The van der Waals surface area contributed by atoms with Gasteiger partial charge in [0.15, 0.2) is 14.6 Å². The van der Waals surface area contributed by atoms with E-state index in [9.17, 15) is 4.79 Å². The molecule has 1 aromatic rings. The molecule has 3 atom stereocenters. The van der Waals surface area contributed by atoms with Crippen molar-refractivity contribution >= 4 is 14.3 Å². The molecule has 1 unspecified atom stereocenters. The summed E-state index contributed by atoms with van der Waals surface area (Å²) in [4.78, 5) is 11.8. The fraction of sp³-hybridized carbons (Fsp3) is 0.731. The summed E-state index contributed by atoms with van der Waals surface area (Å²) >= 11 is 0. The fourth-order valence-corrected chi connectivity index (χ4v) is 7.11. The zero-order chi connectivity index (χ0) is 25.6. The van der Waals surface area contributed by atoms with Crippen molar-refractivity contribution in [2.75, 3.05) is 34.5 Å². The minimum absolute atomic E-state index is 0.0538. The Balaban J connectivity index is 2.97. The highest BCUT2D eigenvalue weighted by molar-refractivity contribution is 6.73. The highest BCUT2D eigenvalue weighted by Gasteiger charge is 2.38. The lowest BCUT2D eigenvalue weighted by molar-refractivity contribution is -0.178. The molecule has 0 aliphatic rings. The highest BCUT2D eigenvalue weighted by Crippen LogP contribution is 2.31. The summed E-state index contributed by atoms with van der Waals surface area (Å²) in [5.41, 5.74) is 1.07. The van der Waals surface area contributed by atoms with Crippen molar-refractivity contribution < 1.29 is 32.9 Å². The van der Waals surface area contributed by atoms with Gasteiger partial charge >= 0.3 is 5.97 Å². The van der Waals surface area contributed by atoms with Gasteiger partial charge in [0.2, 0.25) is 0 Å². The number of hydrogen-bond acceptors (Lipinski definition) is 7. The topological polar surface area (TPSA) is 72.5 Å². The zero-order valence-corrected chi connectivity index (χ0v) is 23.4. The molecule has 0 spiro atoms. The average Bonchev–Trinajstić information content (AvgIpc) is 2.84. The van der Waals surface area contributed by atoms with Gasteiger partial charge in [0.05, 0.1) is 13.7 Å². The van der Waals surface area contributed by atoms with E-state index in [0.717, 1.165) is 29.4 Å². The average molecular weight is 499 g/mol. The molecule has 196 valence electrons. The van der Waals surface area contributed by atoms with Gasteiger partial charge in [-0.15, -0.1) is 0 Å². The first-order valence-electron chi connectivity index (χ1n) is 12.4. The number of rotatable bonds is 18. The van der Waals surface area contributed by atoms with Crippen LogP contribution in [0.15, 0.2) is 24.3 Å². The molecule has 1 aromatic carbocycles. The largest absolute Gasteiger partial charge is 0.497 e. The lowest BCUT2D eigenvalue weighted by Gasteiger charge is -2.38. The van der Waals surface area contributed by atoms with Crippen molar-refractivity contribution in [1.82, 2.24) is 0 Å². The van der Waals surface area contributed by atoms with Crippen molar-refractivity contribution in [3.8, 4) is 5.75 Å². The van der Waals surface area contributed by atoms with Gasteiger partial charge in [0.1, 0.15) is 11.9 Å². The predicted octanol–water partition coefficient (Wildman–Crippen LogP) is 5.43. The van der Waals surface area contributed by atoms with Gasteiger partial charge in [-0.2, -0.15) is 0 Å². The highest BCUT2D eigenvalue weighted by atomic mass is 28.4. The van der Waals surface area contributed by atoms with Crippen LogP contribution in [0.25, 0.3) is 0 Å². The monoisotopic (exact) mass is 498 g/mol. The van der Waals surface area contributed by atoms with E-state index in [1.54, 1.807) is 21.3 Å². The van der Waals surface area contributed by atoms with Crippen LogP contribution in [0.2, 0.25) is 18.1 Å². The molecule has 0 N–H and O–H groups in total. The van der Waals surface area contributed by atoms with E-state index >= 15 is 0 Å². The van der Waals surface area contributed by atoms with E-state index in [4.69, 9.17) is 28.1 Å². The standard InChI is InChI=1S/C26H46O7Si/c1-9-34(10-2,11-3)32-19-25(26(29-7)30-8)24(20(4)33-21(5)27)16-17-31-18-22-12-14-23(28-6)15-13-22/h12-15,20,24-26H,9-11,16-19H2,1-8H3/t20?,24-,25-/m0/s1. The molecule has 0 radical (unpaired) electrons. The molecule has 0 heterocycles. The summed E-state index contributed by atoms with van der Waals surface area (Å²) in [5.74, 6) is 0.354. The van der Waals surface area contributed by atoms with E-state index in [-0.39, 0.29) is 23.9 Å². The number of ether oxygens (including phenoxy) is 5. The van der Waals surface area contributed by atoms with E-state index in [1.165, 1.54) is 6.92 Å². The van der Waals surface area contributed by atoms with E-state index in [1.807, 2.05) is 31.2 Å². The molecule has 0 aromatic heterocycles. The summed E-state index contributed by atoms with van der Waals surface area (Å²) < 4.78 is 34.8. The molecular formula is C26H46O7Si. The van der Waals surface area contributed by atoms with Crippen LogP contribution in [0.1, 0.15) is 46.6 Å². The lowest BCUT2D eigenvalue weighted by atomic mass is 9.85. The second-order valence-electron chi connectivity index (χ2n) is 8.73. The molecule has 0 saturated carbocycles. The van der Waals surface area contributed by atoms with Gasteiger partial charge in [-0.3, -0.25) is 4.79 Å². The number of hydrogen-bond donors (Lipinski definition) is 0. The van der Waals surface area contributed by atoms with Crippen molar-refractivity contribution in [3.05, 3.63) is 29.8 Å². The Bertz CT molecular complexity index is 666. The fourth-order valence-electron chi connectivity index (χ4n) is 4.46. The number of carbonyl (C=O) groups excluding carboxylic acids is 1. The third kappa shape index (κ3) is 9.66. The van der Waals surface area contributed by atoms with Crippen LogP contribution in [-0.2, 0) is 34.8 Å². The quantitative estimate of drug-likeness (QED) is 0.116. The lowest BCUT2D eigenvalue weighted by Crippen LogP contribution is -2.45. The molecule has 0 amide bonds. The molecule has 7 nitrogen and oxygen atoms in total. The Morgan fingerprint density at radius 1 is 0.941 bits per heavy atom. The minimum Gasteiger partial charge on any atom is -0.497 e. The Hall–Kier alpha value is -1.45. The smallest absolute Gasteiger partial charge is 0.302 e. The molecule has 0 saturated heterocycles. The first kappa shape index (κ1) is 30.6. The van der Waals surface area contributed by atoms with Crippen molar-refractivity contribution in [1.29, 1.82) is 0 Å². The molecule has 34 heavy (non-hydrogen) atoms. The molecule has 0 bridgehead atoms. The van der Waals surface area contributed by atoms with Gasteiger partial charge in [-0.1, -0.05) is 32.9 Å². The maximum atomic E-state index is 11.8. The van der Waals surface area contributed by atoms with Gasteiger partial charge in [-0.05, 0) is 49.2 Å². The number of benzene rings is 1. The SMILES string of the molecule is CC[Si](CC)(CC)OC[C@H](C(OC)OC)[C@@H](CCOCc1ccc(OC)cc1)C(C)OC(C)=O. The van der Waals surface area contributed by atoms with Crippen LogP contribution >= 0.6 is 0 Å². The van der Waals surface area contributed by atoms with Crippen LogP contribution in [0.3, 0.4) is 0 Å². The van der Waals surface area contributed by atoms with Crippen LogP contribution in [-0.4, -0.2) is 61.2 Å². The summed E-state index contributed by atoms with van der Waals surface area (Å²) in [6.45, 7) is 11.5. The normalized spacial score (nSPS) is 14.6. The predicted molar refractivity (Wildman–Crippen MR) is 136 cm³/mol. The molecular weight excluding hydrogens is 452 g/mol. The summed E-state index contributed by atoms with van der Waals surface area (Å²) in [6, 6.07) is 11.0. The first-order valence-corrected chi connectivity index (χ1v) is 14.9. The zero-order valence-electron chi connectivity index (χ0n) is 22.4. The number of esters is 1. The van der Waals surface area contributed by atoms with E-state index in [0.29, 0.717) is 26.2 Å². The molecule has 1 rings (SSSR count). The van der Waals surface area contributed by atoms with Crippen molar-refractivity contribution in [3.63, 3.8) is 0 Å². The van der Waals surface area contributed by atoms with Crippen LogP contribution in [0, 0.1) is 11.8 Å². The van der Waals surface area contributed by atoms with Crippen LogP contribution < -0.4 is 4.74 Å². The van der Waals surface area contributed by atoms with E-state index < -0.39 is 14.6 Å². The van der Waals surface area contributed by atoms with Gasteiger partial charge < -0.3 is 28.1 Å².